The first-order valence-corrected chi connectivity index (χ1v) is 6.62. The van der Waals surface area contributed by atoms with Crippen LogP contribution in [0.4, 0.5) is 0 Å². The summed E-state index contributed by atoms with van der Waals surface area (Å²) >= 11 is 0. The van der Waals surface area contributed by atoms with Gasteiger partial charge >= 0.3 is 0 Å². The molecule has 3 nitrogen and oxygen atoms in total. The van der Waals surface area contributed by atoms with Crippen molar-refractivity contribution < 1.29 is 4.74 Å². The Hall–Kier alpha value is -1.87. The SMILES string of the molecule is CCOc1cncc(C(Cc2ccccc2)NC)c1. The molecule has 2 aromatic rings. The predicted octanol–water partition coefficient (Wildman–Crippen LogP) is 2.98. The van der Waals surface area contributed by atoms with Gasteiger partial charge in [0, 0.05) is 12.2 Å². The molecule has 0 aliphatic heterocycles. The predicted molar refractivity (Wildman–Crippen MR) is 77.4 cm³/mol. The molecule has 1 atom stereocenters. The Kier molecular flexibility index (Phi) is 4.93. The van der Waals surface area contributed by atoms with Crippen LogP contribution >= 0.6 is 0 Å². The van der Waals surface area contributed by atoms with E-state index in [2.05, 4.69) is 40.6 Å². The number of aromatic nitrogens is 1. The summed E-state index contributed by atoms with van der Waals surface area (Å²) in [6.07, 6.45) is 4.59. The quantitative estimate of drug-likeness (QED) is 0.862. The molecule has 1 N–H and O–H groups in total. The van der Waals surface area contributed by atoms with Crippen molar-refractivity contribution in [3.8, 4) is 5.75 Å². The van der Waals surface area contributed by atoms with E-state index in [0.717, 1.165) is 17.7 Å². The first-order valence-electron chi connectivity index (χ1n) is 6.62. The van der Waals surface area contributed by atoms with Crippen molar-refractivity contribution in [1.82, 2.24) is 10.3 Å². The molecule has 0 fully saturated rings. The molecule has 3 heteroatoms. The Morgan fingerprint density at radius 3 is 2.68 bits per heavy atom. The van der Waals surface area contributed by atoms with E-state index in [4.69, 9.17) is 4.74 Å². The van der Waals surface area contributed by atoms with Gasteiger partial charge in [0.1, 0.15) is 5.75 Å². The Morgan fingerprint density at radius 2 is 2.00 bits per heavy atom. The summed E-state index contributed by atoms with van der Waals surface area (Å²) in [5.74, 6) is 0.827. The highest BCUT2D eigenvalue weighted by Crippen LogP contribution is 2.21. The number of nitrogens with zero attached hydrogens (tertiary/aromatic N) is 1. The van der Waals surface area contributed by atoms with E-state index in [9.17, 15) is 0 Å². The molecule has 19 heavy (non-hydrogen) atoms. The van der Waals surface area contributed by atoms with Crippen molar-refractivity contribution in [3.63, 3.8) is 0 Å². The normalized spacial score (nSPS) is 12.1. The third-order valence-electron chi connectivity index (χ3n) is 3.08. The number of ether oxygens (including phenoxy) is 1. The summed E-state index contributed by atoms with van der Waals surface area (Å²) in [5.41, 5.74) is 2.46. The second-order valence-corrected chi connectivity index (χ2v) is 4.42. The molecule has 1 unspecified atom stereocenters. The van der Waals surface area contributed by atoms with E-state index in [1.165, 1.54) is 5.56 Å². The van der Waals surface area contributed by atoms with Crippen molar-refractivity contribution in [2.45, 2.75) is 19.4 Å². The fraction of sp³-hybridized carbons (Fsp3) is 0.312. The number of nitrogens with one attached hydrogen (secondary N) is 1. The number of likely N-dealkylation sites (N-methyl/N-ethyl adjacent to an activating group) is 1. The number of pyridine rings is 1. The highest BCUT2D eigenvalue weighted by molar-refractivity contribution is 5.28. The largest absolute Gasteiger partial charge is 0.492 e. The maximum absolute atomic E-state index is 5.50. The van der Waals surface area contributed by atoms with Gasteiger partial charge in [-0.05, 0) is 37.6 Å². The van der Waals surface area contributed by atoms with Gasteiger partial charge in [-0.1, -0.05) is 30.3 Å². The third-order valence-corrected chi connectivity index (χ3v) is 3.08. The molecule has 2 rings (SSSR count). The summed E-state index contributed by atoms with van der Waals surface area (Å²) in [6.45, 7) is 2.64. The summed E-state index contributed by atoms with van der Waals surface area (Å²) in [6, 6.07) is 12.8. The van der Waals surface area contributed by atoms with E-state index >= 15 is 0 Å². The lowest BCUT2D eigenvalue weighted by atomic mass is 10.0. The van der Waals surface area contributed by atoms with Crippen LogP contribution in [0.2, 0.25) is 0 Å². The van der Waals surface area contributed by atoms with Gasteiger partial charge in [0.05, 0.1) is 12.8 Å². The zero-order valence-electron chi connectivity index (χ0n) is 11.5. The molecule has 0 saturated heterocycles. The Labute approximate surface area is 114 Å². The fourth-order valence-electron chi connectivity index (χ4n) is 2.11. The van der Waals surface area contributed by atoms with Crippen LogP contribution in [0.3, 0.4) is 0 Å². The molecule has 0 amide bonds. The summed E-state index contributed by atoms with van der Waals surface area (Å²) in [4.78, 5) is 4.25. The molecule has 1 aromatic heterocycles. The molecule has 100 valence electrons. The molecular formula is C16H20N2O. The molecule has 0 bridgehead atoms. The van der Waals surface area contributed by atoms with Gasteiger partial charge in [-0.25, -0.2) is 0 Å². The zero-order valence-corrected chi connectivity index (χ0v) is 11.5. The molecule has 0 radical (unpaired) electrons. The van der Waals surface area contributed by atoms with E-state index in [-0.39, 0.29) is 6.04 Å². The lowest BCUT2D eigenvalue weighted by Gasteiger charge is -2.17. The van der Waals surface area contributed by atoms with E-state index in [1.54, 1.807) is 6.20 Å². The lowest BCUT2D eigenvalue weighted by molar-refractivity contribution is 0.338. The highest BCUT2D eigenvalue weighted by atomic mass is 16.5. The lowest BCUT2D eigenvalue weighted by Crippen LogP contribution is -2.19. The average molecular weight is 256 g/mol. The number of rotatable bonds is 6. The van der Waals surface area contributed by atoms with Gasteiger partial charge < -0.3 is 10.1 Å². The van der Waals surface area contributed by atoms with Crippen molar-refractivity contribution in [2.75, 3.05) is 13.7 Å². The minimum absolute atomic E-state index is 0.246. The van der Waals surface area contributed by atoms with Gasteiger partial charge in [0.25, 0.3) is 0 Å². The van der Waals surface area contributed by atoms with Crippen molar-refractivity contribution in [2.24, 2.45) is 0 Å². The standard InChI is InChI=1S/C16H20N2O/c1-3-19-15-10-14(11-18-12-15)16(17-2)9-13-7-5-4-6-8-13/h4-8,10-12,16-17H,3,9H2,1-2H3. The zero-order chi connectivity index (χ0) is 13.5. The fourth-order valence-corrected chi connectivity index (χ4v) is 2.11. The highest BCUT2D eigenvalue weighted by Gasteiger charge is 2.11. The summed E-state index contributed by atoms with van der Waals surface area (Å²) < 4.78 is 5.50. The first kappa shape index (κ1) is 13.6. The molecule has 0 aliphatic rings. The van der Waals surface area contributed by atoms with Crippen LogP contribution in [0, 0.1) is 0 Å². The average Bonchev–Trinajstić information content (AvgIpc) is 2.46. The second kappa shape index (κ2) is 6.90. The molecular weight excluding hydrogens is 236 g/mol. The van der Waals surface area contributed by atoms with Crippen molar-refractivity contribution in [1.29, 1.82) is 0 Å². The van der Waals surface area contributed by atoms with E-state index < -0.39 is 0 Å². The van der Waals surface area contributed by atoms with Crippen LogP contribution < -0.4 is 10.1 Å². The van der Waals surface area contributed by atoms with Crippen LogP contribution in [0.25, 0.3) is 0 Å². The third kappa shape index (κ3) is 3.80. The Bertz CT molecular complexity index is 499. The molecule has 0 spiro atoms. The molecule has 1 heterocycles. The van der Waals surface area contributed by atoms with Gasteiger partial charge in [0.15, 0.2) is 0 Å². The molecule has 0 aliphatic carbocycles. The Morgan fingerprint density at radius 1 is 1.21 bits per heavy atom. The van der Waals surface area contributed by atoms with Gasteiger partial charge in [-0.2, -0.15) is 0 Å². The monoisotopic (exact) mass is 256 g/mol. The van der Waals surface area contributed by atoms with Gasteiger partial charge in [-0.15, -0.1) is 0 Å². The van der Waals surface area contributed by atoms with Crippen LogP contribution in [0.1, 0.15) is 24.1 Å². The van der Waals surface area contributed by atoms with E-state index in [0.29, 0.717) is 6.61 Å². The van der Waals surface area contributed by atoms with Crippen molar-refractivity contribution in [3.05, 3.63) is 59.9 Å². The van der Waals surface area contributed by atoms with Gasteiger partial charge in [0.2, 0.25) is 0 Å². The summed E-state index contributed by atoms with van der Waals surface area (Å²) in [7, 11) is 1.97. The summed E-state index contributed by atoms with van der Waals surface area (Å²) in [5, 5.41) is 3.34. The topological polar surface area (TPSA) is 34.1 Å². The maximum atomic E-state index is 5.50. The van der Waals surface area contributed by atoms with Crippen molar-refractivity contribution >= 4 is 0 Å². The Balaban J connectivity index is 2.15. The molecule has 1 aromatic carbocycles. The number of hydrogen-bond donors (Lipinski definition) is 1. The van der Waals surface area contributed by atoms with Crippen LogP contribution in [-0.4, -0.2) is 18.6 Å². The minimum Gasteiger partial charge on any atom is -0.492 e. The van der Waals surface area contributed by atoms with E-state index in [1.807, 2.05) is 26.2 Å². The van der Waals surface area contributed by atoms with Gasteiger partial charge in [-0.3, -0.25) is 4.98 Å². The van der Waals surface area contributed by atoms with Crippen LogP contribution in [0.5, 0.6) is 5.75 Å². The number of benzene rings is 1. The maximum Gasteiger partial charge on any atom is 0.137 e. The smallest absolute Gasteiger partial charge is 0.137 e. The first-order chi connectivity index (χ1) is 9.33. The minimum atomic E-state index is 0.246. The van der Waals surface area contributed by atoms with Crippen LogP contribution in [0.15, 0.2) is 48.8 Å². The van der Waals surface area contributed by atoms with Crippen LogP contribution in [-0.2, 0) is 6.42 Å². The second-order valence-electron chi connectivity index (χ2n) is 4.42. The number of hydrogen-bond acceptors (Lipinski definition) is 3. The molecule has 0 saturated carbocycles.